The van der Waals surface area contributed by atoms with Gasteiger partial charge >= 0.3 is 0 Å². The van der Waals surface area contributed by atoms with Crippen LogP contribution in [0.25, 0.3) is 0 Å². The van der Waals surface area contributed by atoms with E-state index in [1.165, 1.54) is 23.2 Å². The summed E-state index contributed by atoms with van der Waals surface area (Å²) in [5.41, 5.74) is 2.42. The Balaban J connectivity index is 2.16. The summed E-state index contributed by atoms with van der Waals surface area (Å²) >= 11 is 0. The fourth-order valence-electron chi connectivity index (χ4n) is 3.02. The molecule has 0 aliphatic heterocycles. The van der Waals surface area contributed by atoms with Gasteiger partial charge in [0.1, 0.15) is 5.82 Å². The molecule has 2 amide bonds. The van der Waals surface area contributed by atoms with Gasteiger partial charge in [0, 0.05) is 11.5 Å². The lowest BCUT2D eigenvalue weighted by atomic mass is 9.99. The summed E-state index contributed by atoms with van der Waals surface area (Å²) in [6, 6.07) is 5.54. The van der Waals surface area contributed by atoms with Crippen molar-refractivity contribution in [2.24, 2.45) is 5.92 Å². The average Bonchev–Trinajstić information content (AvgIpc) is 2.80. The van der Waals surface area contributed by atoms with Crippen LogP contribution in [0.2, 0.25) is 0 Å². The highest BCUT2D eigenvalue weighted by atomic mass is 19.1. The molecular weight excluding hydrogens is 307 g/mol. The standard InChI is InChI=1S/C19H27FN2O2/c1-19(2,3)22(18(24)15-11-8-12-16(20)13-15)21-17(23)14-9-6-4-5-7-10-14/h8,11-14H,4-7,9-10H2,1-3H3,(H,21,23). The third-order valence-corrected chi connectivity index (χ3v) is 4.39. The second-order valence-electron chi connectivity index (χ2n) is 7.49. The van der Waals surface area contributed by atoms with Crippen LogP contribution in [0.3, 0.4) is 0 Å². The summed E-state index contributed by atoms with van der Waals surface area (Å²) in [6.45, 7) is 5.53. The molecule has 1 aliphatic rings. The number of halogens is 1. The zero-order valence-corrected chi connectivity index (χ0v) is 14.8. The zero-order chi connectivity index (χ0) is 17.7. The van der Waals surface area contributed by atoms with Crippen LogP contribution in [-0.4, -0.2) is 22.4 Å². The van der Waals surface area contributed by atoms with Crippen LogP contribution in [0, 0.1) is 11.7 Å². The summed E-state index contributed by atoms with van der Waals surface area (Å²) in [5, 5.41) is 1.33. The molecule has 2 rings (SSSR count). The number of nitrogens with one attached hydrogen (secondary N) is 1. The zero-order valence-electron chi connectivity index (χ0n) is 14.8. The highest BCUT2D eigenvalue weighted by molar-refractivity contribution is 5.96. The highest BCUT2D eigenvalue weighted by Gasteiger charge is 2.31. The van der Waals surface area contributed by atoms with E-state index in [1.54, 1.807) is 6.07 Å². The number of amides is 2. The van der Waals surface area contributed by atoms with Gasteiger partial charge in [0.25, 0.3) is 5.91 Å². The van der Waals surface area contributed by atoms with Gasteiger partial charge in [-0.1, -0.05) is 31.7 Å². The van der Waals surface area contributed by atoms with Gasteiger partial charge in [-0.2, -0.15) is 0 Å². The van der Waals surface area contributed by atoms with Crippen LogP contribution in [0.1, 0.15) is 69.7 Å². The summed E-state index contributed by atoms with van der Waals surface area (Å²) in [5.74, 6) is -1.04. The largest absolute Gasteiger partial charge is 0.273 e. The van der Waals surface area contributed by atoms with E-state index in [0.717, 1.165) is 38.5 Å². The minimum absolute atomic E-state index is 0.0577. The summed E-state index contributed by atoms with van der Waals surface area (Å²) in [7, 11) is 0. The third-order valence-electron chi connectivity index (χ3n) is 4.39. The van der Waals surface area contributed by atoms with Crippen molar-refractivity contribution in [1.29, 1.82) is 0 Å². The maximum Gasteiger partial charge on any atom is 0.272 e. The Kier molecular flexibility index (Phi) is 5.97. The molecule has 0 unspecified atom stereocenters. The summed E-state index contributed by atoms with van der Waals surface area (Å²) in [6.07, 6.45) is 6.14. The quantitative estimate of drug-likeness (QED) is 0.655. The molecule has 1 aromatic rings. The smallest absolute Gasteiger partial charge is 0.272 e. The van der Waals surface area contributed by atoms with Gasteiger partial charge < -0.3 is 0 Å². The van der Waals surface area contributed by atoms with Gasteiger partial charge in [-0.25, -0.2) is 9.40 Å². The van der Waals surface area contributed by atoms with E-state index in [1.807, 2.05) is 20.8 Å². The molecule has 0 bridgehead atoms. The van der Waals surface area contributed by atoms with E-state index in [-0.39, 0.29) is 17.4 Å². The number of benzene rings is 1. The normalized spacial score (nSPS) is 16.3. The van der Waals surface area contributed by atoms with Gasteiger partial charge in [-0.3, -0.25) is 15.0 Å². The molecule has 132 valence electrons. The van der Waals surface area contributed by atoms with E-state index in [9.17, 15) is 14.0 Å². The van der Waals surface area contributed by atoms with E-state index in [2.05, 4.69) is 5.43 Å². The second-order valence-corrected chi connectivity index (χ2v) is 7.49. The Morgan fingerprint density at radius 3 is 2.29 bits per heavy atom. The first kappa shape index (κ1) is 18.4. The maximum atomic E-state index is 13.4. The molecule has 0 spiro atoms. The monoisotopic (exact) mass is 334 g/mol. The van der Waals surface area contributed by atoms with Gasteiger partial charge in [0.2, 0.25) is 5.91 Å². The van der Waals surface area contributed by atoms with Crippen molar-refractivity contribution in [2.75, 3.05) is 0 Å². The van der Waals surface area contributed by atoms with Gasteiger partial charge in [-0.05, 0) is 51.8 Å². The molecule has 1 fully saturated rings. The van der Waals surface area contributed by atoms with Crippen molar-refractivity contribution < 1.29 is 14.0 Å². The summed E-state index contributed by atoms with van der Waals surface area (Å²) < 4.78 is 13.4. The highest BCUT2D eigenvalue weighted by Crippen LogP contribution is 2.24. The van der Waals surface area contributed by atoms with Gasteiger partial charge in [0.05, 0.1) is 5.54 Å². The number of carbonyl (C=O) groups excluding carboxylic acids is 2. The molecule has 0 atom stereocenters. The predicted octanol–water partition coefficient (Wildman–Crippen LogP) is 4.07. The SMILES string of the molecule is CC(C)(C)N(NC(=O)C1CCCCCC1)C(=O)c1cccc(F)c1. The van der Waals surface area contributed by atoms with Crippen molar-refractivity contribution in [3.8, 4) is 0 Å². The molecule has 1 saturated carbocycles. The van der Waals surface area contributed by atoms with Crippen LogP contribution in [-0.2, 0) is 4.79 Å². The summed E-state index contributed by atoms with van der Waals surface area (Å²) in [4.78, 5) is 25.4. The minimum atomic E-state index is -0.607. The molecule has 1 N–H and O–H groups in total. The van der Waals surface area contributed by atoms with E-state index in [0.29, 0.717) is 0 Å². The van der Waals surface area contributed by atoms with Crippen molar-refractivity contribution in [3.63, 3.8) is 0 Å². The van der Waals surface area contributed by atoms with Gasteiger partial charge in [0.15, 0.2) is 0 Å². The molecule has 1 aliphatic carbocycles. The number of hydrogen-bond donors (Lipinski definition) is 1. The topological polar surface area (TPSA) is 49.4 Å². The van der Waals surface area contributed by atoms with Crippen molar-refractivity contribution in [2.45, 2.75) is 64.8 Å². The van der Waals surface area contributed by atoms with Crippen LogP contribution < -0.4 is 5.43 Å². The molecule has 4 nitrogen and oxygen atoms in total. The molecular formula is C19H27FN2O2. The lowest BCUT2D eigenvalue weighted by Gasteiger charge is -2.36. The van der Waals surface area contributed by atoms with Crippen LogP contribution >= 0.6 is 0 Å². The lowest BCUT2D eigenvalue weighted by molar-refractivity contribution is -0.131. The van der Waals surface area contributed by atoms with Crippen LogP contribution in [0.15, 0.2) is 24.3 Å². The second kappa shape index (κ2) is 7.77. The van der Waals surface area contributed by atoms with Crippen LogP contribution in [0.5, 0.6) is 0 Å². The maximum absolute atomic E-state index is 13.4. The lowest BCUT2D eigenvalue weighted by Crippen LogP contribution is -2.57. The predicted molar refractivity (Wildman–Crippen MR) is 91.7 cm³/mol. The Morgan fingerprint density at radius 1 is 1.12 bits per heavy atom. The third kappa shape index (κ3) is 4.79. The minimum Gasteiger partial charge on any atom is -0.273 e. The van der Waals surface area contributed by atoms with E-state index < -0.39 is 17.3 Å². The first-order valence-electron chi connectivity index (χ1n) is 8.69. The number of rotatable bonds is 2. The van der Waals surface area contributed by atoms with Crippen molar-refractivity contribution in [1.82, 2.24) is 10.4 Å². The van der Waals surface area contributed by atoms with Crippen molar-refractivity contribution >= 4 is 11.8 Å². The van der Waals surface area contributed by atoms with Crippen LogP contribution in [0.4, 0.5) is 4.39 Å². The molecule has 0 aromatic heterocycles. The fourth-order valence-corrected chi connectivity index (χ4v) is 3.02. The number of carbonyl (C=O) groups is 2. The molecule has 0 saturated heterocycles. The first-order chi connectivity index (χ1) is 11.3. The molecule has 1 aromatic carbocycles. The Morgan fingerprint density at radius 2 is 1.75 bits per heavy atom. The number of hydrogen-bond acceptors (Lipinski definition) is 2. The molecule has 5 heteroatoms. The molecule has 0 radical (unpaired) electrons. The number of nitrogens with zero attached hydrogens (tertiary/aromatic N) is 1. The number of hydrazine groups is 1. The van der Waals surface area contributed by atoms with E-state index in [4.69, 9.17) is 0 Å². The molecule has 0 heterocycles. The molecule has 24 heavy (non-hydrogen) atoms. The van der Waals surface area contributed by atoms with E-state index >= 15 is 0 Å². The first-order valence-corrected chi connectivity index (χ1v) is 8.69. The Hall–Kier alpha value is -1.91. The Labute approximate surface area is 143 Å². The van der Waals surface area contributed by atoms with Gasteiger partial charge in [-0.15, -0.1) is 0 Å². The Bertz CT molecular complexity index is 587. The fraction of sp³-hybridized carbons (Fsp3) is 0.579. The average molecular weight is 334 g/mol. The van der Waals surface area contributed by atoms with Crippen molar-refractivity contribution in [3.05, 3.63) is 35.6 Å².